The topological polar surface area (TPSA) is 30.5 Å². The van der Waals surface area contributed by atoms with Crippen LogP contribution in [0.4, 0.5) is 0 Å². The first kappa shape index (κ1) is 15.8. The van der Waals surface area contributed by atoms with E-state index in [2.05, 4.69) is 26.1 Å². The van der Waals surface area contributed by atoms with Crippen molar-refractivity contribution >= 4 is 0 Å². The molecule has 2 heterocycles. The minimum absolute atomic E-state index is 0.0769. The SMILES string of the molecule is CC(C)(C)NCC1CCCC1C1CCOC2(CCOC2)C1. The largest absolute Gasteiger partial charge is 0.378 e. The van der Waals surface area contributed by atoms with Gasteiger partial charge in [0, 0.05) is 25.2 Å². The zero-order chi connectivity index (χ0) is 14.9. The van der Waals surface area contributed by atoms with E-state index < -0.39 is 0 Å². The van der Waals surface area contributed by atoms with Crippen LogP contribution in [0.15, 0.2) is 0 Å². The summed E-state index contributed by atoms with van der Waals surface area (Å²) in [6.45, 7) is 10.7. The van der Waals surface area contributed by atoms with Crippen molar-refractivity contribution in [1.29, 1.82) is 0 Å². The van der Waals surface area contributed by atoms with Crippen LogP contribution in [0.3, 0.4) is 0 Å². The highest BCUT2D eigenvalue weighted by molar-refractivity contribution is 4.95. The van der Waals surface area contributed by atoms with Crippen molar-refractivity contribution in [2.45, 2.75) is 70.4 Å². The standard InChI is InChI=1S/C18H33NO2/c1-17(2,3)19-12-15-5-4-6-16(15)14-7-9-21-18(11-14)8-10-20-13-18/h14-16,19H,4-13H2,1-3H3. The van der Waals surface area contributed by atoms with E-state index in [9.17, 15) is 0 Å². The number of nitrogens with one attached hydrogen (secondary N) is 1. The molecular weight excluding hydrogens is 262 g/mol. The lowest BCUT2D eigenvalue weighted by atomic mass is 9.74. The van der Waals surface area contributed by atoms with Crippen molar-refractivity contribution in [3.63, 3.8) is 0 Å². The van der Waals surface area contributed by atoms with Gasteiger partial charge in [0.05, 0.1) is 12.2 Å². The lowest BCUT2D eigenvalue weighted by Crippen LogP contribution is -2.45. The summed E-state index contributed by atoms with van der Waals surface area (Å²) in [5.74, 6) is 2.63. The van der Waals surface area contributed by atoms with Crippen molar-refractivity contribution < 1.29 is 9.47 Å². The summed E-state index contributed by atoms with van der Waals surface area (Å²) in [7, 11) is 0. The van der Waals surface area contributed by atoms with E-state index >= 15 is 0 Å². The number of rotatable bonds is 3. The summed E-state index contributed by atoms with van der Waals surface area (Å²) < 4.78 is 11.8. The van der Waals surface area contributed by atoms with Gasteiger partial charge in [-0.25, -0.2) is 0 Å². The third-order valence-electron chi connectivity index (χ3n) is 5.82. The molecule has 3 heteroatoms. The van der Waals surface area contributed by atoms with Crippen LogP contribution < -0.4 is 5.32 Å². The van der Waals surface area contributed by atoms with E-state index in [0.717, 1.165) is 44.0 Å². The van der Waals surface area contributed by atoms with Gasteiger partial charge in [-0.3, -0.25) is 0 Å². The lowest BCUT2D eigenvalue weighted by Gasteiger charge is -2.41. The molecule has 1 saturated carbocycles. The molecule has 21 heavy (non-hydrogen) atoms. The summed E-state index contributed by atoms with van der Waals surface area (Å²) in [5, 5.41) is 3.74. The van der Waals surface area contributed by atoms with Crippen LogP contribution in [0.5, 0.6) is 0 Å². The van der Waals surface area contributed by atoms with Crippen LogP contribution in [0.2, 0.25) is 0 Å². The second-order valence-electron chi connectivity index (χ2n) is 8.57. The first-order chi connectivity index (χ1) is 9.98. The predicted molar refractivity (Wildman–Crippen MR) is 85.4 cm³/mol. The van der Waals surface area contributed by atoms with Gasteiger partial charge in [0.1, 0.15) is 0 Å². The Bertz CT molecular complexity index is 344. The van der Waals surface area contributed by atoms with Crippen LogP contribution in [0, 0.1) is 17.8 Å². The summed E-state index contributed by atoms with van der Waals surface area (Å²) in [6.07, 6.45) is 7.87. The molecule has 0 amide bonds. The van der Waals surface area contributed by atoms with Gasteiger partial charge < -0.3 is 14.8 Å². The fourth-order valence-corrected chi connectivity index (χ4v) is 4.67. The minimum atomic E-state index is 0.0769. The first-order valence-electron chi connectivity index (χ1n) is 8.94. The maximum atomic E-state index is 6.13. The van der Waals surface area contributed by atoms with Crippen LogP contribution in [-0.2, 0) is 9.47 Å². The summed E-state index contributed by atoms with van der Waals surface area (Å²) in [6, 6.07) is 0. The monoisotopic (exact) mass is 295 g/mol. The Morgan fingerprint density at radius 2 is 2.00 bits per heavy atom. The van der Waals surface area contributed by atoms with Crippen molar-refractivity contribution in [3.05, 3.63) is 0 Å². The summed E-state index contributed by atoms with van der Waals surface area (Å²) in [5.41, 5.74) is 0.316. The molecule has 0 bridgehead atoms. The Balaban J connectivity index is 1.59. The van der Waals surface area contributed by atoms with Gasteiger partial charge in [0.25, 0.3) is 0 Å². The zero-order valence-electron chi connectivity index (χ0n) is 14.1. The van der Waals surface area contributed by atoms with Gasteiger partial charge in [-0.2, -0.15) is 0 Å². The van der Waals surface area contributed by atoms with E-state index in [-0.39, 0.29) is 11.1 Å². The normalized spacial score (nSPS) is 41.0. The molecule has 3 rings (SSSR count). The quantitative estimate of drug-likeness (QED) is 0.866. The second kappa shape index (κ2) is 6.17. The molecule has 2 aliphatic heterocycles. The first-order valence-corrected chi connectivity index (χ1v) is 8.94. The average molecular weight is 295 g/mol. The molecular formula is C18H33NO2. The lowest BCUT2D eigenvalue weighted by molar-refractivity contribution is -0.109. The maximum absolute atomic E-state index is 6.13. The van der Waals surface area contributed by atoms with Gasteiger partial charge in [0.15, 0.2) is 0 Å². The van der Waals surface area contributed by atoms with E-state index in [1.165, 1.54) is 38.6 Å². The number of hydrogen-bond donors (Lipinski definition) is 1. The fraction of sp³-hybridized carbons (Fsp3) is 1.00. The Labute approximate surface area is 130 Å². The highest BCUT2D eigenvalue weighted by atomic mass is 16.6. The highest BCUT2D eigenvalue weighted by Gasteiger charge is 2.45. The molecule has 0 aromatic carbocycles. The highest BCUT2D eigenvalue weighted by Crippen LogP contribution is 2.45. The average Bonchev–Trinajstić information content (AvgIpc) is 3.05. The van der Waals surface area contributed by atoms with Gasteiger partial charge >= 0.3 is 0 Å². The third-order valence-corrected chi connectivity index (χ3v) is 5.82. The Kier molecular flexibility index (Phi) is 4.63. The third kappa shape index (κ3) is 3.80. The zero-order valence-corrected chi connectivity index (χ0v) is 14.1. The molecule has 4 atom stereocenters. The van der Waals surface area contributed by atoms with Gasteiger partial charge in [-0.05, 0) is 70.8 Å². The van der Waals surface area contributed by atoms with Crippen molar-refractivity contribution in [1.82, 2.24) is 5.32 Å². The van der Waals surface area contributed by atoms with Crippen molar-refractivity contribution in [2.24, 2.45) is 17.8 Å². The van der Waals surface area contributed by atoms with Crippen LogP contribution in [-0.4, -0.2) is 37.5 Å². The van der Waals surface area contributed by atoms with Gasteiger partial charge in [0.2, 0.25) is 0 Å². The molecule has 1 N–H and O–H groups in total. The Hall–Kier alpha value is -0.120. The number of hydrogen-bond acceptors (Lipinski definition) is 3. The molecule has 3 fully saturated rings. The van der Waals surface area contributed by atoms with E-state index in [1.807, 2.05) is 0 Å². The maximum Gasteiger partial charge on any atom is 0.0939 e. The van der Waals surface area contributed by atoms with Crippen LogP contribution in [0.1, 0.15) is 59.3 Å². The number of ether oxygens (including phenoxy) is 2. The van der Waals surface area contributed by atoms with E-state index in [1.54, 1.807) is 0 Å². The Morgan fingerprint density at radius 1 is 1.14 bits per heavy atom. The fourth-order valence-electron chi connectivity index (χ4n) is 4.67. The molecule has 4 unspecified atom stereocenters. The molecule has 3 aliphatic rings. The molecule has 122 valence electrons. The van der Waals surface area contributed by atoms with E-state index in [0.29, 0.717) is 0 Å². The summed E-state index contributed by atoms with van der Waals surface area (Å²) >= 11 is 0. The van der Waals surface area contributed by atoms with Crippen molar-refractivity contribution in [2.75, 3.05) is 26.4 Å². The molecule has 1 aliphatic carbocycles. The van der Waals surface area contributed by atoms with Crippen LogP contribution in [0.25, 0.3) is 0 Å². The van der Waals surface area contributed by atoms with Crippen LogP contribution >= 0.6 is 0 Å². The molecule has 0 radical (unpaired) electrons. The van der Waals surface area contributed by atoms with Gasteiger partial charge in [-0.15, -0.1) is 0 Å². The second-order valence-corrected chi connectivity index (χ2v) is 8.57. The van der Waals surface area contributed by atoms with Crippen molar-refractivity contribution in [3.8, 4) is 0 Å². The Morgan fingerprint density at radius 3 is 2.71 bits per heavy atom. The molecule has 0 aromatic heterocycles. The molecule has 0 aromatic rings. The minimum Gasteiger partial charge on any atom is -0.378 e. The molecule has 2 saturated heterocycles. The smallest absolute Gasteiger partial charge is 0.0939 e. The van der Waals surface area contributed by atoms with Gasteiger partial charge in [-0.1, -0.05) is 6.42 Å². The molecule has 1 spiro atoms. The predicted octanol–water partition coefficient (Wildman–Crippen LogP) is 3.38. The molecule has 3 nitrogen and oxygen atoms in total. The summed E-state index contributed by atoms with van der Waals surface area (Å²) in [4.78, 5) is 0. The van der Waals surface area contributed by atoms with E-state index in [4.69, 9.17) is 9.47 Å².